The Balaban J connectivity index is 1.67. The molecule has 2 N–H and O–H groups in total. The number of nitroso groups, excluding NO2 is 1. The Bertz CT molecular complexity index is 666. The summed E-state index contributed by atoms with van der Waals surface area (Å²) in [7, 11) is 0. The number of nitrogens with zero attached hydrogens (tertiary/aromatic N) is 2. The van der Waals surface area contributed by atoms with Crippen molar-refractivity contribution in [3.63, 3.8) is 0 Å². The molecule has 0 saturated carbocycles. The van der Waals surface area contributed by atoms with Gasteiger partial charge in [0, 0.05) is 19.8 Å². The first-order valence-corrected chi connectivity index (χ1v) is 9.12. The van der Waals surface area contributed by atoms with Crippen LogP contribution in [0.2, 0.25) is 0 Å². The summed E-state index contributed by atoms with van der Waals surface area (Å²) >= 11 is 0. The van der Waals surface area contributed by atoms with E-state index in [2.05, 4.69) is 5.18 Å². The van der Waals surface area contributed by atoms with E-state index in [1.54, 1.807) is 17.0 Å². The Morgan fingerprint density at radius 3 is 2.68 bits per heavy atom. The quantitative estimate of drug-likeness (QED) is 0.481. The van der Waals surface area contributed by atoms with Gasteiger partial charge in [-0.1, -0.05) is 12.8 Å². The zero-order chi connectivity index (χ0) is 18.0. The second kappa shape index (κ2) is 7.12. The van der Waals surface area contributed by atoms with Crippen molar-refractivity contribution in [1.82, 2.24) is 0 Å². The summed E-state index contributed by atoms with van der Waals surface area (Å²) in [4.78, 5) is 25.6. The molecule has 25 heavy (non-hydrogen) atoms. The highest BCUT2D eigenvalue weighted by Crippen LogP contribution is 2.45. The van der Waals surface area contributed by atoms with Gasteiger partial charge < -0.3 is 15.4 Å². The minimum Gasteiger partial charge on any atom is -0.397 e. The number of nitrogens with two attached hydrogens (primary N) is 1. The molecule has 0 bridgehead atoms. The number of hydrogen-bond acceptors (Lipinski definition) is 5. The third-order valence-corrected chi connectivity index (χ3v) is 5.57. The van der Waals surface area contributed by atoms with Crippen LogP contribution in [0.15, 0.2) is 17.3 Å². The normalized spacial score (nSPS) is 19.9. The Morgan fingerprint density at radius 1 is 1.28 bits per heavy atom. The SMILES string of the molecule is CC1(C)C(=O)N(CCCCC2CCOCC2)c2cc(N=O)c(N)cc21. The van der Waals surface area contributed by atoms with Crippen LogP contribution >= 0.6 is 0 Å². The van der Waals surface area contributed by atoms with Crippen LogP contribution in [0.4, 0.5) is 17.1 Å². The van der Waals surface area contributed by atoms with Crippen molar-refractivity contribution in [3.8, 4) is 0 Å². The van der Waals surface area contributed by atoms with E-state index < -0.39 is 5.41 Å². The van der Waals surface area contributed by atoms with Crippen LogP contribution in [-0.4, -0.2) is 25.7 Å². The van der Waals surface area contributed by atoms with E-state index in [0.717, 1.165) is 56.1 Å². The first-order chi connectivity index (χ1) is 11.9. The number of hydrogen-bond donors (Lipinski definition) is 1. The van der Waals surface area contributed by atoms with Gasteiger partial charge in [0.2, 0.25) is 5.91 Å². The van der Waals surface area contributed by atoms with E-state index in [4.69, 9.17) is 10.5 Å². The lowest BCUT2D eigenvalue weighted by molar-refractivity contribution is -0.122. The molecule has 0 radical (unpaired) electrons. The average Bonchev–Trinajstić information content (AvgIpc) is 2.79. The molecule has 0 spiro atoms. The molecule has 6 nitrogen and oxygen atoms in total. The van der Waals surface area contributed by atoms with Crippen molar-refractivity contribution in [3.05, 3.63) is 22.6 Å². The number of fused-ring (bicyclic) bond motifs is 1. The maximum Gasteiger partial charge on any atom is 0.237 e. The highest BCUT2D eigenvalue weighted by molar-refractivity contribution is 6.08. The zero-order valence-corrected chi connectivity index (χ0v) is 15.1. The molecule has 0 aliphatic carbocycles. The maximum absolute atomic E-state index is 12.9. The number of rotatable bonds is 6. The van der Waals surface area contributed by atoms with E-state index in [0.29, 0.717) is 12.2 Å². The van der Waals surface area contributed by atoms with E-state index in [-0.39, 0.29) is 11.6 Å². The van der Waals surface area contributed by atoms with Crippen LogP contribution in [-0.2, 0) is 14.9 Å². The predicted octanol–water partition coefficient (Wildman–Crippen LogP) is 3.89. The standard InChI is InChI=1S/C19H27N3O3/c1-19(2)14-11-15(20)16(21-24)12-17(14)22(18(19)23)8-4-3-5-13-6-9-25-10-7-13/h11-13H,3-10,20H2,1-2H3. The van der Waals surface area contributed by atoms with Gasteiger partial charge in [-0.15, -0.1) is 4.91 Å². The van der Waals surface area contributed by atoms with Crippen molar-refractivity contribution in [1.29, 1.82) is 0 Å². The van der Waals surface area contributed by atoms with Gasteiger partial charge in [0.05, 0.1) is 16.8 Å². The number of anilines is 2. The highest BCUT2D eigenvalue weighted by atomic mass is 16.5. The lowest BCUT2D eigenvalue weighted by Gasteiger charge is -2.23. The van der Waals surface area contributed by atoms with Gasteiger partial charge in [0.15, 0.2) is 0 Å². The molecule has 1 fully saturated rings. The third-order valence-electron chi connectivity index (χ3n) is 5.57. The summed E-state index contributed by atoms with van der Waals surface area (Å²) in [5.74, 6) is 0.813. The number of carbonyl (C=O) groups excluding carboxylic acids is 1. The molecule has 3 rings (SSSR count). The van der Waals surface area contributed by atoms with Crippen LogP contribution in [0.3, 0.4) is 0 Å². The molecule has 2 heterocycles. The maximum atomic E-state index is 12.9. The van der Waals surface area contributed by atoms with Gasteiger partial charge in [0.25, 0.3) is 0 Å². The minimum atomic E-state index is -0.619. The largest absolute Gasteiger partial charge is 0.397 e. The molecular formula is C19H27N3O3. The van der Waals surface area contributed by atoms with Crippen molar-refractivity contribution >= 4 is 23.0 Å². The number of benzene rings is 1. The average molecular weight is 345 g/mol. The van der Waals surface area contributed by atoms with Crippen LogP contribution in [0.1, 0.15) is 51.5 Å². The molecule has 6 heteroatoms. The summed E-state index contributed by atoms with van der Waals surface area (Å²) in [6.45, 7) is 6.23. The van der Waals surface area contributed by atoms with Gasteiger partial charge in [-0.2, -0.15) is 0 Å². The van der Waals surface area contributed by atoms with Gasteiger partial charge >= 0.3 is 0 Å². The zero-order valence-electron chi connectivity index (χ0n) is 15.1. The van der Waals surface area contributed by atoms with Crippen molar-refractivity contribution < 1.29 is 9.53 Å². The molecule has 0 atom stereocenters. The summed E-state index contributed by atoms with van der Waals surface area (Å²) in [5.41, 5.74) is 7.47. The third kappa shape index (κ3) is 3.40. The van der Waals surface area contributed by atoms with Crippen molar-refractivity contribution in [2.75, 3.05) is 30.4 Å². The molecule has 1 saturated heterocycles. The van der Waals surface area contributed by atoms with E-state index in [9.17, 15) is 9.70 Å². The first-order valence-electron chi connectivity index (χ1n) is 9.12. The molecule has 0 aromatic heterocycles. The molecule has 136 valence electrons. The first kappa shape index (κ1) is 17.9. The number of unbranched alkanes of at least 4 members (excludes halogenated alkanes) is 1. The molecule has 2 aliphatic rings. The second-order valence-corrected chi connectivity index (χ2v) is 7.65. The fraction of sp³-hybridized carbons (Fsp3) is 0.632. The minimum absolute atomic E-state index is 0.0658. The summed E-state index contributed by atoms with van der Waals surface area (Å²) in [5, 5.41) is 2.99. The highest BCUT2D eigenvalue weighted by Gasteiger charge is 2.44. The van der Waals surface area contributed by atoms with E-state index in [1.807, 2.05) is 13.8 Å². The molecule has 1 aromatic rings. The summed E-state index contributed by atoms with van der Waals surface area (Å²) < 4.78 is 5.40. The van der Waals surface area contributed by atoms with Crippen molar-refractivity contribution in [2.45, 2.75) is 51.4 Å². The molecule has 0 unspecified atom stereocenters. The van der Waals surface area contributed by atoms with Gasteiger partial charge in [-0.3, -0.25) is 4.79 Å². The van der Waals surface area contributed by atoms with Crippen molar-refractivity contribution in [2.24, 2.45) is 11.1 Å². The fourth-order valence-corrected chi connectivity index (χ4v) is 3.92. The van der Waals surface area contributed by atoms with Crippen LogP contribution in [0.25, 0.3) is 0 Å². The Hall–Kier alpha value is -1.95. The Morgan fingerprint density at radius 2 is 2.00 bits per heavy atom. The van der Waals surface area contributed by atoms with Crippen LogP contribution in [0.5, 0.6) is 0 Å². The van der Waals surface area contributed by atoms with E-state index >= 15 is 0 Å². The smallest absolute Gasteiger partial charge is 0.237 e. The lowest BCUT2D eigenvalue weighted by atomic mass is 9.86. The van der Waals surface area contributed by atoms with Gasteiger partial charge in [-0.25, -0.2) is 0 Å². The topological polar surface area (TPSA) is 85.0 Å². The van der Waals surface area contributed by atoms with E-state index in [1.165, 1.54) is 6.42 Å². The molecule has 1 aromatic carbocycles. The second-order valence-electron chi connectivity index (χ2n) is 7.65. The number of nitrogen functional groups attached to an aromatic ring is 1. The van der Waals surface area contributed by atoms with Crippen LogP contribution in [0, 0.1) is 10.8 Å². The summed E-state index contributed by atoms with van der Waals surface area (Å²) in [6.07, 6.45) is 5.52. The number of amides is 1. The predicted molar refractivity (Wildman–Crippen MR) is 99.1 cm³/mol. The molecular weight excluding hydrogens is 318 g/mol. The Labute approximate surface area is 148 Å². The lowest BCUT2D eigenvalue weighted by Crippen LogP contribution is -2.36. The molecule has 1 amide bonds. The van der Waals surface area contributed by atoms with Gasteiger partial charge in [-0.05, 0) is 61.9 Å². The Kier molecular flexibility index (Phi) is 5.08. The van der Waals surface area contributed by atoms with Crippen LogP contribution < -0.4 is 10.6 Å². The molecule has 2 aliphatic heterocycles. The fourth-order valence-electron chi connectivity index (χ4n) is 3.92. The summed E-state index contributed by atoms with van der Waals surface area (Å²) in [6, 6.07) is 3.38. The number of ether oxygens (including phenoxy) is 1. The van der Waals surface area contributed by atoms with Gasteiger partial charge in [0.1, 0.15) is 5.69 Å². The monoisotopic (exact) mass is 345 g/mol. The number of carbonyl (C=O) groups is 1.